The Morgan fingerprint density at radius 2 is 1.82 bits per heavy atom. The second-order valence-electron chi connectivity index (χ2n) is 7.34. The first-order chi connectivity index (χ1) is 15.6. The van der Waals surface area contributed by atoms with Gasteiger partial charge in [0, 0.05) is 81.6 Å². The molecule has 0 spiro atoms. The Balaban J connectivity index is 0.000000274. The molecule has 33 heavy (non-hydrogen) atoms. The van der Waals surface area contributed by atoms with E-state index in [2.05, 4.69) is 21.7 Å². The van der Waals surface area contributed by atoms with Crippen molar-refractivity contribution >= 4 is 29.2 Å². The molecule has 0 atom stereocenters. The summed E-state index contributed by atoms with van der Waals surface area (Å²) >= 11 is 0.0504. The van der Waals surface area contributed by atoms with Gasteiger partial charge in [0.05, 0.1) is 7.11 Å². The van der Waals surface area contributed by atoms with Crippen LogP contribution in [0.1, 0.15) is 6.92 Å². The van der Waals surface area contributed by atoms with Gasteiger partial charge in [0.15, 0.2) is 23.8 Å². The predicted octanol–water partition coefficient (Wildman–Crippen LogP) is 4.57. The van der Waals surface area contributed by atoms with E-state index in [0.29, 0.717) is 17.9 Å². The minimum absolute atomic E-state index is 0. The van der Waals surface area contributed by atoms with Crippen LogP contribution in [0.3, 0.4) is 0 Å². The molecule has 177 valence electrons. The maximum absolute atomic E-state index is 13.1. The van der Waals surface area contributed by atoms with Crippen molar-refractivity contribution < 1.29 is 46.5 Å². The first kappa shape index (κ1) is 28.0. The summed E-state index contributed by atoms with van der Waals surface area (Å²) in [7, 11) is 1.59. The number of rotatable bonds is 7. The number of hydrogen-bond acceptors (Lipinski definition) is 7. The molecule has 8 nitrogen and oxygen atoms in total. The molecule has 11 heteroatoms. The van der Waals surface area contributed by atoms with Crippen molar-refractivity contribution in [2.75, 3.05) is 58.4 Å². The molecule has 4 rings (SSSR count). The molecule has 0 unspecified atom stereocenters. The van der Waals surface area contributed by atoms with E-state index in [4.69, 9.17) is 15.7 Å². The second-order valence-corrected chi connectivity index (χ2v) is 7.87. The van der Waals surface area contributed by atoms with Crippen LogP contribution in [-0.4, -0.2) is 76.9 Å². The number of hydrogen-bond donors (Lipinski definition) is 2. The molecule has 1 saturated heterocycles. The Kier molecular flexibility index (Phi) is 12.0. The van der Waals surface area contributed by atoms with Crippen molar-refractivity contribution in [3.63, 3.8) is 0 Å². The van der Waals surface area contributed by atoms with E-state index in [9.17, 15) is 3.89 Å². The van der Waals surface area contributed by atoms with Crippen LogP contribution in [0.15, 0.2) is 42.6 Å². The molecule has 3 aromatic rings. The summed E-state index contributed by atoms with van der Waals surface area (Å²) < 4.78 is 19.8. The number of para-hydroxylation sites is 1. The summed E-state index contributed by atoms with van der Waals surface area (Å²) in [6.45, 7) is 9.59. The quantitative estimate of drug-likeness (QED) is 0.417. The average molecular weight is 550 g/mol. The van der Waals surface area contributed by atoms with E-state index in [0.717, 1.165) is 36.1 Å². The molecular formula is C22H30FN6O2SY-. The van der Waals surface area contributed by atoms with E-state index < -0.39 is 0 Å². The van der Waals surface area contributed by atoms with Crippen LogP contribution in [-0.2, 0) is 32.7 Å². The topological polar surface area (TPSA) is 89.6 Å². The molecule has 1 aliphatic rings. The SMILES string of the molecule is CCN1CCN(CC[NH-])CC1.COc1ccccc1-c1cn(SF)c2nc(NO)ccc12.[Y]. The van der Waals surface area contributed by atoms with Gasteiger partial charge >= 0.3 is 0 Å². The van der Waals surface area contributed by atoms with Crippen LogP contribution < -0.4 is 10.2 Å². The van der Waals surface area contributed by atoms with Gasteiger partial charge in [0.25, 0.3) is 0 Å². The van der Waals surface area contributed by atoms with Crippen LogP contribution in [0, 0.1) is 0 Å². The molecule has 1 aliphatic heterocycles. The molecule has 1 aromatic carbocycles. The smallest absolute Gasteiger partial charge is 0.171 e. The Hall–Kier alpha value is -1.27. The number of likely N-dealkylation sites (N-methyl/N-ethyl adjacent to an activating group) is 1. The molecule has 0 bridgehead atoms. The number of aromatic nitrogens is 2. The van der Waals surface area contributed by atoms with Gasteiger partial charge in [-0.1, -0.05) is 25.1 Å². The fraction of sp³-hybridized carbons (Fsp3) is 0.409. The number of anilines is 1. The zero-order chi connectivity index (χ0) is 22.9. The number of nitrogens with zero attached hydrogens (tertiary/aromatic N) is 4. The molecule has 1 radical (unpaired) electrons. The largest absolute Gasteiger partial charge is 0.676 e. The van der Waals surface area contributed by atoms with Crippen molar-refractivity contribution in [2.24, 2.45) is 0 Å². The van der Waals surface area contributed by atoms with Crippen molar-refractivity contribution in [2.45, 2.75) is 6.92 Å². The van der Waals surface area contributed by atoms with Gasteiger partial charge in [-0.25, -0.2) is 8.96 Å². The third kappa shape index (κ3) is 7.11. The first-order valence-electron chi connectivity index (χ1n) is 10.6. The molecule has 0 amide bonds. The molecule has 0 aliphatic carbocycles. The van der Waals surface area contributed by atoms with Crippen LogP contribution in [0.5, 0.6) is 5.75 Å². The predicted molar refractivity (Wildman–Crippen MR) is 129 cm³/mol. The van der Waals surface area contributed by atoms with Crippen LogP contribution in [0.2, 0.25) is 0 Å². The molecule has 0 saturated carbocycles. The van der Waals surface area contributed by atoms with Crippen molar-refractivity contribution in [1.29, 1.82) is 0 Å². The zero-order valence-corrected chi connectivity index (χ0v) is 22.7. The Morgan fingerprint density at radius 3 is 2.42 bits per heavy atom. The van der Waals surface area contributed by atoms with E-state index in [1.807, 2.05) is 29.7 Å². The molecular weight excluding hydrogens is 520 g/mol. The molecule has 2 aromatic heterocycles. The van der Waals surface area contributed by atoms with Gasteiger partial charge in [0.2, 0.25) is 0 Å². The van der Waals surface area contributed by atoms with Gasteiger partial charge < -0.3 is 20.3 Å². The summed E-state index contributed by atoms with van der Waals surface area (Å²) in [5, 5.41) is 9.69. The Labute approximate surface area is 223 Å². The third-order valence-corrected chi connectivity index (χ3v) is 5.97. The van der Waals surface area contributed by atoms with E-state index in [-0.39, 0.29) is 50.9 Å². The van der Waals surface area contributed by atoms with E-state index in [1.165, 1.54) is 23.6 Å². The number of nitrogens with one attached hydrogen (secondary N) is 2. The zero-order valence-electron chi connectivity index (χ0n) is 19.0. The van der Waals surface area contributed by atoms with Crippen LogP contribution >= 0.6 is 12.3 Å². The average Bonchev–Trinajstić information content (AvgIpc) is 3.22. The maximum Gasteiger partial charge on any atom is 0.171 e. The fourth-order valence-corrected chi connectivity index (χ4v) is 4.11. The minimum atomic E-state index is 0. The summed E-state index contributed by atoms with van der Waals surface area (Å²) in [6, 6.07) is 10.9. The summed E-state index contributed by atoms with van der Waals surface area (Å²) in [5.41, 5.74) is 11.1. The summed E-state index contributed by atoms with van der Waals surface area (Å²) in [6.07, 6.45) is 1.65. The maximum atomic E-state index is 13.1. The Morgan fingerprint density at radius 1 is 1.12 bits per heavy atom. The summed E-state index contributed by atoms with van der Waals surface area (Å²) in [5.74, 6) is 0.951. The number of halogens is 1. The third-order valence-electron chi connectivity index (χ3n) is 5.55. The fourth-order valence-electron chi connectivity index (χ4n) is 3.76. The number of methoxy groups -OCH3 is 1. The molecule has 3 heterocycles. The minimum Gasteiger partial charge on any atom is -0.676 e. The summed E-state index contributed by atoms with van der Waals surface area (Å²) in [4.78, 5) is 9.00. The standard InChI is InChI=1S/C14H12FN3O2S.C8H18N3.Y/c1-20-12-5-3-2-4-9(12)11-8-18(21-15)14-10(11)6-7-13(16-14)17-19;1-2-10-5-7-11(4-3-9)8-6-10;/h2-8,19H,1H3,(H,16,17);9H,2-8H2,1H3;/q;-1;. The number of ether oxygens (including phenoxy) is 1. The van der Waals surface area contributed by atoms with E-state index in [1.54, 1.807) is 25.4 Å². The van der Waals surface area contributed by atoms with Gasteiger partial charge in [-0.3, -0.25) is 10.7 Å². The van der Waals surface area contributed by atoms with Crippen molar-refractivity contribution in [3.05, 3.63) is 48.3 Å². The number of pyridine rings is 1. The normalized spacial score (nSPS) is 14.3. The van der Waals surface area contributed by atoms with Crippen LogP contribution in [0.25, 0.3) is 27.9 Å². The number of benzene rings is 1. The number of piperazine rings is 1. The molecule has 3 N–H and O–H groups in total. The molecule has 1 fully saturated rings. The Bertz CT molecular complexity index is 1000. The monoisotopic (exact) mass is 550 g/mol. The van der Waals surface area contributed by atoms with Gasteiger partial charge in [-0.05, 0) is 31.3 Å². The van der Waals surface area contributed by atoms with Crippen molar-refractivity contribution in [3.8, 4) is 16.9 Å². The van der Waals surface area contributed by atoms with Gasteiger partial charge in [-0.15, -0.1) is 10.4 Å². The number of fused-ring (bicyclic) bond motifs is 1. The van der Waals surface area contributed by atoms with Crippen molar-refractivity contribution in [1.82, 2.24) is 18.8 Å². The van der Waals surface area contributed by atoms with E-state index >= 15 is 0 Å². The van der Waals surface area contributed by atoms with Crippen LogP contribution in [0.4, 0.5) is 9.70 Å². The van der Waals surface area contributed by atoms with Gasteiger partial charge in [-0.2, -0.15) is 0 Å². The van der Waals surface area contributed by atoms with Gasteiger partial charge in [0.1, 0.15) is 5.75 Å². The first-order valence-corrected chi connectivity index (χ1v) is 11.3. The second kappa shape index (κ2) is 14.2.